The number of thiocarbonyl (C=S) groups is 1. The molecule has 0 saturated carbocycles. The minimum Gasteiger partial charge on any atom is -0.393 e. The minimum atomic E-state index is -0.325. The van der Waals surface area contributed by atoms with Crippen molar-refractivity contribution in [2.45, 2.75) is 19.3 Å². The highest BCUT2D eigenvalue weighted by Crippen LogP contribution is 2.18. The molecule has 0 aliphatic carbocycles. The molecule has 102 valence electrons. The van der Waals surface area contributed by atoms with E-state index in [1.165, 1.54) is 6.07 Å². The summed E-state index contributed by atoms with van der Waals surface area (Å²) in [7, 11) is 0. The molecule has 0 atom stereocenters. The van der Waals surface area contributed by atoms with Gasteiger partial charge in [0.1, 0.15) is 5.82 Å². The van der Waals surface area contributed by atoms with E-state index in [-0.39, 0.29) is 24.1 Å². The Morgan fingerprint density at radius 1 is 1.37 bits per heavy atom. The number of benzene rings is 1. The van der Waals surface area contributed by atoms with Crippen molar-refractivity contribution in [1.29, 1.82) is 0 Å². The predicted octanol–water partition coefficient (Wildman–Crippen LogP) is 1.89. The predicted molar refractivity (Wildman–Crippen MR) is 76.2 cm³/mol. The molecule has 1 saturated heterocycles. The summed E-state index contributed by atoms with van der Waals surface area (Å²) < 4.78 is 13.5. The molecule has 1 aliphatic heterocycles. The van der Waals surface area contributed by atoms with E-state index in [1.54, 1.807) is 23.1 Å². The second kappa shape index (κ2) is 6.10. The molecule has 1 fully saturated rings. The van der Waals surface area contributed by atoms with Crippen LogP contribution in [0.1, 0.15) is 18.4 Å². The van der Waals surface area contributed by atoms with Crippen molar-refractivity contribution in [3.63, 3.8) is 0 Å². The lowest BCUT2D eigenvalue weighted by molar-refractivity contribution is -0.131. The monoisotopic (exact) mass is 280 g/mol. The Bertz CT molecular complexity index is 484. The van der Waals surface area contributed by atoms with Gasteiger partial charge in [-0.2, -0.15) is 0 Å². The molecule has 1 amide bonds. The SMILES string of the molecule is NC(=S)C1CCN(C(=O)Cc2ccccc2F)CC1. The van der Waals surface area contributed by atoms with Crippen LogP contribution in [-0.2, 0) is 11.2 Å². The van der Waals surface area contributed by atoms with Crippen LogP contribution in [0.25, 0.3) is 0 Å². The maximum atomic E-state index is 13.5. The van der Waals surface area contributed by atoms with Crippen LogP contribution in [0, 0.1) is 11.7 Å². The summed E-state index contributed by atoms with van der Waals surface area (Å²) in [4.78, 5) is 14.4. The number of nitrogens with two attached hydrogens (primary N) is 1. The second-order valence-corrected chi connectivity index (χ2v) is 5.30. The van der Waals surface area contributed by atoms with E-state index < -0.39 is 0 Å². The molecule has 0 radical (unpaired) electrons. The second-order valence-electron chi connectivity index (χ2n) is 4.83. The van der Waals surface area contributed by atoms with Gasteiger partial charge in [0.25, 0.3) is 0 Å². The molecule has 1 aromatic rings. The van der Waals surface area contributed by atoms with Crippen LogP contribution in [0.2, 0.25) is 0 Å². The van der Waals surface area contributed by atoms with Crippen molar-refractivity contribution in [2.24, 2.45) is 11.7 Å². The summed E-state index contributed by atoms with van der Waals surface area (Å²) in [6.45, 7) is 1.30. The number of piperidine rings is 1. The number of nitrogens with zero attached hydrogens (tertiary/aromatic N) is 1. The Morgan fingerprint density at radius 3 is 2.58 bits per heavy atom. The molecule has 1 aliphatic rings. The zero-order valence-corrected chi connectivity index (χ0v) is 11.5. The van der Waals surface area contributed by atoms with Crippen molar-refractivity contribution in [3.05, 3.63) is 35.6 Å². The normalized spacial score (nSPS) is 16.4. The molecule has 1 aromatic carbocycles. The van der Waals surface area contributed by atoms with Gasteiger partial charge in [-0.15, -0.1) is 0 Å². The molecule has 2 N–H and O–H groups in total. The number of hydrogen-bond donors (Lipinski definition) is 1. The van der Waals surface area contributed by atoms with Gasteiger partial charge < -0.3 is 10.6 Å². The van der Waals surface area contributed by atoms with Crippen LogP contribution in [0.15, 0.2) is 24.3 Å². The first kappa shape index (κ1) is 13.9. The highest BCUT2D eigenvalue weighted by molar-refractivity contribution is 7.80. The highest BCUT2D eigenvalue weighted by atomic mass is 32.1. The third-order valence-electron chi connectivity index (χ3n) is 3.55. The van der Waals surface area contributed by atoms with Gasteiger partial charge in [0.15, 0.2) is 0 Å². The number of amides is 1. The average molecular weight is 280 g/mol. The quantitative estimate of drug-likeness (QED) is 0.860. The lowest BCUT2D eigenvalue weighted by Crippen LogP contribution is -2.42. The lowest BCUT2D eigenvalue weighted by atomic mass is 9.96. The zero-order valence-electron chi connectivity index (χ0n) is 10.6. The van der Waals surface area contributed by atoms with Crippen LogP contribution in [0.5, 0.6) is 0 Å². The third kappa shape index (κ3) is 3.50. The van der Waals surface area contributed by atoms with Crippen LogP contribution in [-0.4, -0.2) is 28.9 Å². The first-order valence-electron chi connectivity index (χ1n) is 6.38. The summed E-state index contributed by atoms with van der Waals surface area (Å²) in [5.74, 6) is -0.132. The van der Waals surface area contributed by atoms with Crippen LogP contribution >= 0.6 is 12.2 Å². The van der Waals surface area contributed by atoms with Crippen molar-refractivity contribution < 1.29 is 9.18 Å². The summed E-state index contributed by atoms with van der Waals surface area (Å²) in [5.41, 5.74) is 6.06. The maximum absolute atomic E-state index is 13.5. The van der Waals surface area contributed by atoms with Crippen molar-refractivity contribution in [2.75, 3.05) is 13.1 Å². The molecule has 0 bridgehead atoms. The Labute approximate surface area is 117 Å². The molecule has 3 nitrogen and oxygen atoms in total. The molecule has 0 unspecified atom stereocenters. The van der Waals surface area contributed by atoms with Crippen LogP contribution in [0.3, 0.4) is 0 Å². The molecule has 1 heterocycles. The summed E-state index contributed by atoms with van der Waals surface area (Å²) in [5, 5.41) is 0. The molecule has 2 rings (SSSR count). The molecule has 0 spiro atoms. The van der Waals surface area contributed by atoms with Crippen molar-refractivity contribution in [3.8, 4) is 0 Å². The molecular formula is C14H17FN2OS. The highest BCUT2D eigenvalue weighted by Gasteiger charge is 2.24. The average Bonchev–Trinajstić information content (AvgIpc) is 2.41. The minimum absolute atomic E-state index is 0.0357. The fourth-order valence-electron chi connectivity index (χ4n) is 2.33. The van der Waals surface area contributed by atoms with E-state index in [9.17, 15) is 9.18 Å². The number of rotatable bonds is 3. The Morgan fingerprint density at radius 2 is 2.00 bits per heavy atom. The van der Waals surface area contributed by atoms with E-state index in [2.05, 4.69) is 0 Å². The van der Waals surface area contributed by atoms with E-state index in [4.69, 9.17) is 18.0 Å². The van der Waals surface area contributed by atoms with Crippen molar-refractivity contribution in [1.82, 2.24) is 4.90 Å². The maximum Gasteiger partial charge on any atom is 0.227 e. The first-order chi connectivity index (χ1) is 9.08. The molecule has 5 heteroatoms. The van der Waals surface area contributed by atoms with Gasteiger partial charge in [0.05, 0.1) is 11.4 Å². The van der Waals surface area contributed by atoms with E-state index in [1.807, 2.05) is 0 Å². The Kier molecular flexibility index (Phi) is 4.47. The first-order valence-corrected chi connectivity index (χ1v) is 6.79. The smallest absolute Gasteiger partial charge is 0.227 e. The van der Waals surface area contributed by atoms with Gasteiger partial charge in [0, 0.05) is 19.0 Å². The summed E-state index contributed by atoms with van der Waals surface area (Å²) in [6.07, 6.45) is 1.72. The molecular weight excluding hydrogens is 263 g/mol. The van der Waals surface area contributed by atoms with Gasteiger partial charge in [-0.3, -0.25) is 4.79 Å². The summed E-state index contributed by atoms with van der Waals surface area (Å²) in [6, 6.07) is 6.39. The van der Waals surface area contributed by atoms with Gasteiger partial charge in [-0.1, -0.05) is 30.4 Å². The van der Waals surface area contributed by atoms with Crippen LogP contribution < -0.4 is 5.73 Å². The Hall–Kier alpha value is -1.49. The largest absolute Gasteiger partial charge is 0.393 e. The third-order valence-corrected chi connectivity index (χ3v) is 3.88. The number of carbonyl (C=O) groups excluding carboxylic acids is 1. The Balaban J connectivity index is 1.92. The molecule has 0 aromatic heterocycles. The topological polar surface area (TPSA) is 46.3 Å². The van der Waals surface area contributed by atoms with Crippen molar-refractivity contribution >= 4 is 23.1 Å². The van der Waals surface area contributed by atoms with Gasteiger partial charge in [-0.25, -0.2) is 4.39 Å². The van der Waals surface area contributed by atoms with E-state index in [0.29, 0.717) is 23.6 Å². The number of hydrogen-bond acceptors (Lipinski definition) is 2. The number of halogens is 1. The van der Waals surface area contributed by atoms with E-state index in [0.717, 1.165) is 12.8 Å². The fourth-order valence-corrected chi connectivity index (χ4v) is 2.57. The molecule has 19 heavy (non-hydrogen) atoms. The fraction of sp³-hybridized carbons (Fsp3) is 0.429. The van der Waals surface area contributed by atoms with Crippen LogP contribution in [0.4, 0.5) is 4.39 Å². The van der Waals surface area contributed by atoms with Gasteiger partial charge in [0.2, 0.25) is 5.91 Å². The standard InChI is InChI=1S/C14H17FN2OS/c15-12-4-2-1-3-11(12)9-13(18)17-7-5-10(6-8-17)14(16)19/h1-4,10H,5-9H2,(H2,16,19). The number of likely N-dealkylation sites (tertiary alicyclic amines) is 1. The summed E-state index contributed by atoms with van der Waals surface area (Å²) >= 11 is 4.97. The lowest BCUT2D eigenvalue weighted by Gasteiger charge is -2.31. The van der Waals surface area contributed by atoms with Gasteiger partial charge in [-0.05, 0) is 24.5 Å². The van der Waals surface area contributed by atoms with Gasteiger partial charge >= 0.3 is 0 Å². The zero-order chi connectivity index (χ0) is 13.8. The van der Waals surface area contributed by atoms with E-state index >= 15 is 0 Å². The number of carbonyl (C=O) groups is 1.